The Balaban J connectivity index is 2.32. The molecule has 0 fully saturated rings. The van der Waals surface area contributed by atoms with Gasteiger partial charge in [0, 0.05) is 18.3 Å². The third-order valence-corrected chi connectivity index (χ3v) is 5.07. The number of aliphatic hydroxyl groups excluding tert-OH is 1. The molecule has 1 unspecified atom stereocenters. The van der Waals surface area contributed by atoms with Crippen molar-refractivity contribution < 1.29 is 23.4 Å². The lowest BCUT2D eigenvalue weighted by Gasteiger charge is -2.18. The van der Waals surface area contributed by atoms with Crippen molar-refractivity contribution >= 4 is 21.7 Å². The maximum absolute atomic E-state index is 12.1. The zero-order valence-corrected chi connectivity index (χ0v) is 14.5. The van der Waals surface area contributed by atoms with Gasteiger partial charge in [-0.15, -0.1) is 0 Å². The van der Waals surface area contributed by atoms with E-state index in [9.17, 15) is 18.3 Å². The molecule has 0 aromatic heterocycles. The highest BCUT2D eigenvalue weighted by Crippen LogP contribution is 2.25. The summed E-state index contributed by atoms with van der Waals surface area (Å²) in [5.74, 6) is -1.23. The lowest BCUT2D eigenvalue weighted by molar-refractivity contribution is 0.0697. The summed E-state index contributed by atoms with van der Waals surface area (Å²) in [5.41, 5.74) is 1.15. The standard InChI is InChI=1S/C17H20N2O5S/c1-12(13-5-3-2-4-6-13)19-16-8-7-14(11-15(16)17(21)22)25(23,24)18-9-10-20/h2-8,11-12,18-20H,9-10H2,1H3,(H,21,22). The minimum absolute atomic E-state index is 0.143. The van der Waals surface area contributed by atoms with Crippen LogP contribution in [0.5, 0.6) is 0 Å². The molecule has 0 heterocycles. The SMILES string of the molecule is CC(Nc1ccc(S(=O)(=O)NCCO)cc1C(=O)O)c1ccccc1. The number of benzene rings is 2. The molecular weight excluding hydrogens is 344 g/mol. The molecule has 0 amide bonds. The molecule has 0 radical (unpaired) electrons. The molecule has 2 aromatic rings. The van der Waals surface area contributed by atoms with Crippen LogP contribution in [0.3, 0.4) is 0 Å². The van der Waals surface area contributed by atoms with E-state index in [1.807, 2.05) is 37.3 Å². The van der Waals surface area contributed by atoms with Crippen LogP contribution in [0, 0.1) is 0 Å². The van der Waals surface area contributed by atoms with Gasteiger partial charge in [0.05, 0.1) is 17.1 Å². The van der Waals surface area contributed by atoms with Gasteiger partial charge in [-0.05, 0) is 30.7 Å². The molecule has 134 valence electrons. The van der Waals surface area contributed by atoms with E-state index in [0.29, 0.717) is 5.69 Å². The van der Waals surface area contributed by atoms with Crippen molar-refractivity contribution in [1.82, 2.24) is 4.72 Å². The number of anilines is 1. The molecule has 0 aliphatic rings. The van der Waals surface area contributed by atoms with Crippen molar-refractivity contribution in [1.29, 1.82) is 0 Å². The van der Waals surface area contributed by atoms with Crippen molar-refractivity contribution in [2.75, 3.05) is 18.5 Å². The van der Waals surface area contributed by atoms with Crippen LogP contribution >= 0.6 is 0 Å². The number of hydrogen-bond donors (Lipinski definition) is 4. The van der Waals surface area contributed by atoms with Crippen LogP contribution in [0.25, 0.3) is 0 Å². The predicted molar refractivity (Wildman–Crippen MR) is 94.2 cm³/mol. The molecule has 0 spiro atoms. The third kappa shape index (κ3) is 4.79. The van der Waals surface area contributed by atoms with Crippen LogP contribution < -0.4 is 10.0 Å². The van der Waals surface area contributed by atoms with Gasteiger partial charge in [0.1, 0.15) is 0 Å². The monoisotopic (exact) mass is 364 g/mol. The topological polar surface area (TPSA) is 116 Å². The van der Waals surface area contributed by atoms with Gasteiger partial charge in [-0.2, -0.15) is 0 Å². The lowest BCUT2D eigenvalue weighted by Crippen LogP contribution is -2.27. The molecule has 1 atom stereocenters. The number of nitrogens with one attached hydrogen (secondary N) is 2. The van der Waals surface area contributed by atoms with Gasteiger partial charge < -0.3 is 15.5 Å². The van der Waals surface area contributed by atoms with Gasteiger partial charge in [0.15, 0.2) is 0 Å². The van der Waals surface area contributed by atoms with Crippen LogP contribution in [0.15, 0.2) is 53.4 Å². The van der Waals surface area contributed by atoms with Crippen molar-refractivity contribution in [2.45, 2.75) is 17.9 Å². The van der Waals surface area contributed by atoms with E-state index >= 15 is 0 Å². The molecular formula is C17H20N2O5S. The third-order valence-electron chi connectivity index (χ3n) is 3.61. The average Bonchev–Trinajstić information content (AvgIpc) is 2.60. The fourth-order valence-electron chi connectivity index (χ4n) is 2.31. The second kappa shape index (κ2) is 8.11. The van der Waals surface area contributed by atoms with Gasteiger partial charge in [-0.1, -0.05) is 30.3 Å². The number of aromatic carboxylic acids is 1. The van der Waals surface area contributed by atoms with E-state index < -0.39 is 16.0 Å². The molecule has 0 saturated heterocycles. The molecule has 0 bridgehead atoms. The van der Waals surface area contributed by atoms with E-state index in [2.05, 4.69) is 10.0 Å². The Morgan fingerprint density at radius 2 is 1.84 bits per heavy atom. The smallest absolute Gasteiger partial charge is 0.337 e. The molecule has 7 nitrogen and oxygen atoms in total. The highest BCUT2D eigenvalue weighted by atomic mass is 32.2. The van der Waals surface area contributed by atoms with Crippen LogP contribution in [0.4, 0.5) is 5.69 Å². The number of aliphatic hydroxyl groups is 1. The molecule has 2 rings (SSSR count). The lowest BCUT2D eigenvalue weighted by atomic mass is 10.1. The van der Waals surface area contributed by atoms with E-state index in [1.54, 1.807) is 0 Å². The number of hydrogen-bond acceptors (Lipinski definition) is 5. The first kappa shape index (κ1) is 18.9. The summed E-state index contributed by atoms with van der Waals surface area (Å²) in [5, 5.41) is 21.3. The zero-order chi connectivity index (χ0) is 18.4. The summed E-state index contributed by atoms with van der Waals surface area (Å²) in [6.45, 7) is 1.39. The van der Waals surface area contributed by atoms with Gasteiger partial charge >= 0.3 is 5.97 Å². The fraction of sp³-hybridized carbons (Fsp3) is 0.235. The second-order valence-corrected chi connectivity index (χ2v) is 7.18. The van der Waals surface area contributed by atoms with Crippen molar-refractivity contribution in [3.63, 3.8) is 0 Å². The van der Waals surface area contributed by atoms with Crippen LogP contribution in [-0.4, -0.2) is 37.8 Å². The Morgan fingerprint density at radius 3 is 2.44 bits per heavy atom. The molecule has 25 heavy (non-hydrogen) atoms. The van der Waals surface area contributed by atoms with E-state index in [4.69, 9.17) is 5.11 Å². The van der Waals surface area contributed by atoms with E-state index in [1.165, 1.54) is 12.1 Å². The number of carbonyl (C=O) groups is 1. The predicted octanol–water partition coefficient (Wildman–Crippen LogP) is 1.83. The first-order valence-electron chi connectivity index (χ1n) is 7.64. The highest BCUT2D eigenvalue weighted by molar-refractivity contribution is 7.89. The number of carboxylic acid groups (broad SMARTS) is 1. The Kier molecular flexibility index (Phi) is 6.13. The van der Waals surface area contributed by atoms with E-state index in [0.717, 1.165) is 11.6 Å². The molecule has 4 N–H and O–H groups in total. The maximum atomic E-state index is 12.1. The van der Waals surface area contributed by atoms with Crippen molar-refractivity contribution in [3.8, 4) is 0 Å². The summed E-state index contributed by atoms with van der Waals surface area (Å²) in [6.07, 6.45) is 0. The minimum atomic E-state index is -3.88. The summed E-state index contributed by atoms with van der Waals surface area (Å²) in [6, 6.07) is 13.2. The van der Waals surface area contributed by atoms with E-state index in [-0.39, 0.29) is 29.7 Å². The highest BCUT2D eigenvalue weighted by Gasteiger charge is 2.19. The number of rotatable bonds is 8. The molecule has 0 aliphatic heterocycles. The summed E-state index contributed by atoms with van der Waals surface area (Å²) < 4.78 is 26.4. The van der Waals surface area contributed by atoms with Crippen molar-refractivity contribution in [3.05, 3.63) is 59.7 Å². The van der Waals surface area contributed by atoms with Crippen LogP contribution in [0.1, 0.15) is 28.9 Å². The maximum Gasteiger partial charge on any atom is 0.337 e. The van der Waals surface area contributed by atoms with Gasteiger partial charge in [-0.3, -0.25) is 0 Å². The Morgan fingerprint density at radius 1 is 1.16 bits per heavy atom. The average molecular weight is 364 g/mol. The zero-order valence-electron chi connectivity index (χ0n) is 13.6. The number of sulfonamides is 1. The number of carboxylic acids is 1. The van der Waals surface area contributed by atoms with Crippen molar-refractivity contribution in [2.24, 2.45) is 0 Å². The van der Waals surface area contributed by atoms with Crippen LogP contribution in [-0.2, 0) is 10.0 Å². The molecule has 2 aromatic carbocycles. The first-order valence-corrected chi connectivity index (χ1v) is 9.13. The molecule has 8 heteroatoms. The largest absolute Gasteiger partial charge is 0.478 e. The summed E-state index contributed by atoms with van der Waals surface area (Å²) >= 11 is 0. The Labute approximate surface area is 146 Å². The quantitative estimate of drug-likeness (QED) is 0.568. The van der Waals surface area contributed by atoms with Crippen LogP contribution in [0.2, 0.25) is 0 Å². The van der Waals surface area contributed by atoms with Gasteiger partial charge in [0.25, 0.3) is 0 Å². The second-order valence-electron chi connectivity index (χ2n) is 5.41. The normalized spacial score (nSPS) is 12.6. The fourth-order valence-corrected chi connectivity index (χ4v) is 3.36. The first-order chi connectivity index (χ1) is 11.8. The Hall–Kier alpha value is -2.42. The van der Waals surface area contributed by atoms with Gasteiger partial charge in [-0.25, -0.2) is 17.9 Å². The minimum Gasteiger partial charge on any atom is -0.478 e. The van der Waals surface area contributed by atoms with Gasteiger partial charge in [0.2, 0.25) is 10.0 Å². The summed E-state index contributed by atoms with van der Waals surface area (Å²) in [4.78, 5) is 11.4. The molecule has 0 saturated carbocycles. The molecule has 0 aliphatic carbocycles. The Bertz CT molecular complexity index is 837. The summed E-state index contributed by atoms with van der Waals surface area (Å²) in [7, 11) is -3.88.